The van der Waals surface area contributed by atoms with E-state index in [1.54, 1.807) is 0 Å². The maximum atomic E-state index is 11.8. The highest BCUT2D eigenvalue weighted by molar-refractivity contribution is 7.91. The van der Waals surface area contributed by atoms with Gasteiger partial charge in [0.05, 0.1) is 17.1 Å². The predicted molar refractivity (Wildman–Crippen MR) is 92.4 cm³/mol. The fourth-order valence-electron chi connectivity index (χ4n) is 3.75. The summed E-state index contributed by atoms with van der Waals surface area (Å²) in [4.78, 5) is 0. The van der Waals surface area contributed by atoms with Crippen LogP contribution in [0.2, 0.25) is 0 Å². The van der Waals surface area contributed by atoms with E-state index in [9.17, 15) is 8.42 Å². The third-order valence-corrected chi connectivity index (χ3v) is 7.02. The van der Waals surface area contributed by atoms with Gasteiger partial charge in [0.1, 0.15) is 0 Å². The molecule has 1 N–H and O–H groups in total. The van der Waals surface area contributed by atoms with Crippen LogP contribution in [0.25, 0.3) is 0 Å². The maximum absolute atomic E-state index is 11.8. The minimum Gasteiger partial charge on any atom is -0.374 e. The second-order valence-electron chi connectivity index (χ2n) is 7.69. The molecular weight excluding hydrogens is 310 g/mol. The standard InChI is InChI=1S/C18H27NO3S/c1-17(2,15-6-4-3-5-7-15)13-19-16-8-10-22-18(12-16)9-11-23(20,21)14-18/h3-7,16,19H,8-14H2,1-2H3/t16-,18+/m0/s1. The van der Waals surface area contributed by atoms with Crippen molar-refractivity contribution in [2.75, 3.05) is 24.7 Å². The predicted octanol–water partition coefficient (Wildman–Crippen LogP) is 2.29. The van der Waals surface area contributed by atoms with Gasteiger partial charge in [-0.05, 0) is 24.8 Å². The Balaban J connectivity index is 1.60. The minimum absolute atomic E-state index is 0.0501. The Labute approximate surface area is 139 Å². The van der Waals surface area contributed by atoms with Crippen molar-refractivity contribution < 1.29 is 13.2 Å². The van der Waals surface area contributed by atoms with Gasteiger partial charge in [-0.3, -0.25) is 0 Å². The van der Waals surface area contributed by atoms with E-state index in [4.69, 9.17) is 4.74 Å². The highest BCUT2D eigenvalue weighted by Gasteiger charge is 2.46. The molecule has 1 spiro atoms. The Bertz CT molecular complexity index is 641. The average Bonchev–Trinajstić information content (AvgIpc) is 2.81. The van der Waals surface area contributed by atoms with Crippen LogP contribution >= 0.6 is 0 Å². The molecule has 3 rings (SSSR count). The number of nitrogens with one attached hydrogen (secondary N) is 1. The van der Waals surface area contributed by atoms with E-state index >= 15 is 0 Å². The lowest BCUT2D eigenvalue weighted by Gasteiger charge is -2.39. The van der Waals surface area contributed by atoms with Crippen LogP contribution in [0.4, 0.5) is 0 Å². The van der Waals surface area contributed by atoms with Crippen LogP contribution in [0.3, 0.4) is 0 Å². The van der Waals surface area contributed by atoms with E-state index in [-0.39, 0.29) is 16.9 Å². The molecule has 0 aliphatic carbocycles. The zero-order valence-corrected chi connectivity index (χ0v) is 14.9. The van der Waals surface area contributed by atoms with Crippen LogP contribution < -0.4 is 5.32 Å². The van der Waals surface area contributed by atoms with Crippen molar-refractivity contribution in [1.82, 2.24) is 5.32 Å². The Hall–Kier alpha value is -0.910. The molecular formula is C18H27NO3S. The van der Waals surface area contributed by atoms with E-state index in [1.807, 2.05) is 6.07 Å². The van der Waals surface area contributed by atoms with E-state index < -0.39 is 15.4 Å². The molecule has 2 fully saturated rings. The van der Waals surface area contributed by atoms with E-state index in [0.717, 1.165) is 19.4 Å². The number of hydrogen-bond acceptors (Lipinski definition) is 4. The highest BCUT2D eigenvalue weighted by Crippen LogP contribution is 2.35. The zero-order valence-electron chi connectivity index (χ0n) is 14.0. The van der Waals surface area contributed by atoms with Gasteiger partial charge in [0.2, 0.25) is 0 Å². The smallest absolute Gasteiger partial charge is 0.153 e. The maximum Gasteiger partial charge on any atom is 0.153 e. The topological polar surface area (TPSA) is 55.4 Å². The summed E-state index contributed by atoms with van der Waals surface area (Å²) in [6.07, 6.45) is 2.40. The monoisotopic (exact) mass is 337 g/mol. The zero-order chi connectivity index (χ0) is 16.6. The van der Waals surface area contributed by atoms with Gasteiger partial charge in [-0.2, -0.15) is 0 Å². The number of rotatable bonds is 4. The number of ether oxygens (including phenoxy) is 1. The van der Waals surface area contributed by atoms with Crippen molar-refractivity contribution in [3.05, 3.63) is 35.9 Å². The van der Waals surface area contributed by atoms with Crippen LogP contribution in [0.15, 0.2) is 30.3 Å². The lowest BCUT2D eigenvalue weighted by atomic mass is 9.83. The Kier molecular flexibility index (Phi) is 4.55. The fourth-order valence-corrected chi connectivity index (χ4v) is 5.73. The Morgan fingerprint density at radius 2 is 2.04 bits per heavy atom. The summed E-state index contributed by atoms with van der Waals surface area (Å²) in [6, 6.07) is 10.8. The molecule has 2 saturated heterocycles. The van der Waals surface area contributed by atoms with Crippen molar-refractivity contribution in [3.63, 3.8) is 0 Å². The molecule has 23 heavy (non-hydrogen) atoms. The molecule has 1 aromatic rings. The van der Waals surface area contributed by atoms with E-state index in [1.165, 1.54) is 5.56 Å². The Morgan fingerprint density at radius 1 is 1.30 bits per heavy atom. The molecule has 128 valence electrons. The van der Waals surface area contributed by atoms with Crippen LogP contribution in [0.5, 0.6) is 0 Å². The first kappa shape index (κ1) is 16.9. The number of benzene rings is 1. The molecule has 5 heteroatoms. The second kappa shape index (κ2) is 6.19. The molecule has 1 aromatic carbocycles. The fraction of sp³-hybridized carbons (Fsp3) is 0.667. The van der Waals surface area contributed by atoms with Crippen molar-refractivity contribution >= 4 is 9.84 Å². The molecule has 0 amide bonds. The van der Waals surface area contributed by atoms with Gasteiger partial charge in [-0.1, -0.05) is 44.2 Å². The summed E-state index contributed by atoms with van der Waals surface area (Å²) in [5, 5.41) is 3.66. The van der Waals surface area contributed by atoms with E-state index in [0.29, 0.717) is 19.1 Å². The largest absolute Gasteiger partial charge is 0.374 e. The lowest BCUT2D eigenvalue weighted by Crippen LogP contribution is -2.50. The van der Waals surface area contributed by atoms with Crippen molar-refractivity contribution in [2.45, 2.75) is 50.2 Å². The summed E-state index contributed by atoms with van der Waals surface area (Å²) < 4.78 is 29.5. The van der Waals surface area contributed by atoms with Crippen molar-refractivity contribution in [2.24, 2.45) is 0 Å². The summed E-state index contributed by atoms with van der Waals surface area (Å²) >= 11 is 0. The van der Waals surface area contributed by atoms with Crippen LogP contribution in [-0.4, -0.2) is 44.7 Å². The van der Waals surface area contributed by atoms with Gasteiger partial charge < -0.3 is 10.1 Å². The van der Waals surface area contributed by atoms with Crippen LogP contribution in [0, 0.1) is 0 Å². The molecule has 2 atom stereocenters. The van der Waals surface area contributed by atoms with E-state index in [2.05, 4.69) is 43.4 Å². The van der Waals surface area contributed by atoms with Gasteiger partial charge in [0, 0.05) is 24.6 Å². The molecule has 0 unspecified atom stereocenters. The van der Waals surface area contributed by atoms with Gasteiger partial charge >= 0.3 is 0 Å². The molecule has 4 nitrogen and oxygen atoms in total. The van der Waals surface area contributed by atoms with Crippen molar-refractivity contribution in [1.29, 1.82) is 0 Å². The number of sulfone groups is 1. The quantitative estimate of drug-likeness (QED) is 0.916. The van der Waals surface area contributed by atoms with Crippen LogP contribution in [0.1, 0.15) is 38.7 Å². The third kappa shape index (κ3) is 3.95. The summed E-state index contributed by atoms with van der Waals surface area (Å²) in [5.74, 6) is 0.468. The molecule has 0 saturated carbocycles. The lowest BCUT2D eigenvalue weighted by molar-refractivity contribution is -0.0707. The third-order valence-electron chi connectivity index (χ3n) is 5.23. The van der Waals surface area contributed by atoms with Crippen LogP contribution in [-0.2, 0) is 20.0 Å². The molecule has 0 radical (unpaired) electrons. The second-order valence-corrected chi connectivity index (χ2v) is 9.88. The Morgan fingerprint density at radius 3 is 2.70 bits per heavy atom. The number of hydrogen-bond donors (Lipinski definition) is 1. The molecule has 2 aliphatic heterocycles. The molecule has 0 bridgehead atoms. The minimum atomic E-state index is -2.92. The average molecular weight is 337 g/mol. The normalized spacial score (nSPS) is 30.6. The van der Waals surface area contributed by atoms with Gasteiger partial charge in [-0.15, -0.1) is 0 Å². The first-order chi connectivity index (χ1) is 10.8. The first-order valence-electron chi connectivity index (χ1n) is 8.44. The summed E-state index contributed by atoms with van der Waals surface area (Å²) in [5.41, 5.74) is 0.929. The molecule has 0 aromatic heterocycles. The van der Waals surface area contributed by atoms with Crippen molar-refractivity contribution in [3.8, 4) is 0 Å². The summed E-state index contributed by atoms with van der Waals surface area (Å²) in [6.45, 7) is 6.01. The summed E-state index contributed by atoms with van der Waals surface area (Å²) in [7, 11) is -2.92. The molecule has 2 heterocycles. The molecule has 2 aliphatic rings. The van der Waals surface area contributed by atoms with Gasteiger partial charge in [0.25, 0.3) is 0 Å². The van der Waals surface area contributed by atoms with Gasteiger partial charge in [0.15, 0.2) is 9.84 Å². The SMILES string of the molecule is CC(C)(CN[C@H]1CCO[C@]2(CCS(=O)(=O)C2)C1)c1ccccc1. The first-order valence-corrected chi connectivity index (χ1v) is 10.3. The van der Waals surface area contributed by atoms with Gasteiger partial charge in [-0.25, -0.2) is 8.42 Å². The highest BCUT2D eigenvalue weighted by atomic mass is 32.2.